The van der Waals surface area contributed by atoms with Gasteiger partial charge in [-0.05, 0) is 30.5 Å². The molecule has 1 saturated carbocycles. The molecule has 2 atom stereocenters. The maximum atomic E-state index is 12.2. The molecule has 0 radical (unpaired) electrons. The van der Waals surface area contributed by atoms with Crippen LogP contribution in [0.5, 0.6) is 0 Å². The molecule has 0 aromatic heterocycles. The summed E-state index contributed by atoms with van der Waals surface area (Å²) in [5.41, 5.74) is 0.839. The molecule has 20 heavy (non-hydrogen) atoms. The lowest BCUT2D eigenvalue weighted by molar-refractivity contribution is -0.484. The molecule has 1 aromatic carbocycles. The molecular formula is C15H18ClNO3. The number of halogens is 1. The molecule has 0 aliphatic heterocycles. The van der Waals surface area contributed by atoms with Crippen molar-refractivity contribution in [2.24, 2.45) is 5.92 Å². The van der Waals surface area contributed by atoms with E-state index in [1.165, 1.54) is 0 Å². The van der Waals surface area contributed by atoms with Crippen molar-refractivity contribution in [2.45, 2.75) is 38.0 Å². The third kappa shape index (κ3) is 3.79. The van der Waals surface area contributed by atoms with E-state index in [0.29, 0.717) is 11.4 Å². The van der Waals surface area contributed by atoms with Gasteiger partial charge in [0.1, 0.15) is 5.78 Å². The number of ketones is 1. The van der Waals surface area contributed by atoms with Gasteiger partial charge in [0.2, 0.25) is 6.54 Å². The first-order valence-corrected chi connectivity index (χ1v) is 7.35. The summed E-state index contributed by atoms with van der Waals surface area (Å²) < 4.78 is 0. The lowest BCUT2D eigenvalue weighted by Gasteiger charge is -2.22. The van der Waals surface area contributed by atoms with Crippen molar-refractivity contribution in [1.29, 1.82) is 0 Å². The maximum absolute atomic E-state index is 12.2. The van der Waals surface area contributed by atoms with Crippen LogP contribution < -0.4 is 0 Å². The molecule has 1 fully saturated rings. The monoisotopic (exact) mass is 295 g/mol. The van der Waals surface area contributed by atoms with Crippen LogP contribution in [0.1, 0.15) is 43.6 Å². The smallest absolute Gasteiger partial charge is 0.211 e. The second kappa shape index (κ2) is 6.84. The number of nitro groups is 1. The molecule has 0 unspecified atom stereocenters. The third-order valence-corrected chi connectivity index (χ3v) is 4.23. The number of benzene rings is 1. The SMILES string of the molecule is O=C1CCCCC[C@@H]1[C@H](C[N+](=O)[O-])c1ccc(Cl)cc1. The summed E-state index contributed by atoms with van der Waals surface area (Å²) in [5, 5.41) is 11.6. The molecule has 108 valence electrons. The highest BCUT2D eigenvalue weighted by Gasteiger charge is 2.33. The van der Waals surface area contributed by atoms with E-state index < -0.39 is 0 Å². The van der Waals surface area contributed by atoms with E-state index in [9.17, 15) is 14.9 Å². The topological polar surface area (TPSA) is 60.2 Å². The number of carbonyl (C=O) groups is 1. The Morgan fingerprint density at radius 2 is 1.95 bits per heavy atom. The van der Waals surface area contributed by atoms with Gasteiger partial charge in [-0.15, -0.1) is 0 Å². The fraction of sp³-hybridized carbons (Fsp3) is 0.533. The van der Waals surface area contributed by atoms with Gasteiger partial charge in [-0.2, -0.15) is 0 Å². The summed E-state index contributed by atoms with van der Waals surface area (Å²) in [5.74, 6) is -0.402. The second-order valence-electron chi connectivity index (χ2n) is 5.35. The van der Waals surface area contributed by atoms with Crippen LogP contribution in [0, 0.1) is 16.0 Å². The number of hydrogen-bond donors (Lipinski definition) is 0. The highest BCUT2D eigenvalue weighted by molar-refractivity contribution is 6.30. The van der Waals surface area contributed by atoms with Crippen LogP contribution >= 0.6 is 11.6 Å². The Kier molecular flexibility index (Phi) is 5.12. The molecule has 2 rings (SSSR count). The predicted octanol–water partition coefficient (Wildman–Crippen LogP) is 3.85. The molecule has 1 aliphatic carbocycles. The van der Waals surface area contributed by atoms with Crippen molar-refractivity contribution in [3.05, 3.63) is 45.0 Å². The minimum atomic E-state index is -0.340. The molecule has 0 saturated heterocycles. The van der Waals surface area contributed by atoms with Gasteiger partial charge in [0, 0.05) is 22.3 Å². The zero-order valence-electron chi connectivity index (χ0n) is 11.3. The molecular weight excluding hydrogens is 278 g/mol. The highest BCUT2D eigenvalue weighted by Crippen LogP contribution is 2.33. The van der Waals surface area contributed by atoms with E-state index in [4.69, 9.17) is 11.6 Å². The molecule has 0 spiro atoms. The molecule has 0 bridgehead atoms. The lowest BCUT2D eigenvalue weighted by atomic mass is 9.80. The largest absolute Gasteiger partial charge is 0.299 e. The van der Waals surface area contributed by atoms with Crippen LogP contribution in [0.4, 0.5) is 0 Å². The Bertz CT molecular complexity index is 486. The van der Waals surface area contributed by atoms with Crippen LogP contribution in [-0.4, -0.2) is 17.3 Å². The quantitative estimate of drug-likeness (QED) is 0.481. The molecule has 0 heterocycles. The van der Waals surface area contributed by atoms with Crippen LogP contribution in [0.25, 0.3) is 0 Å². The highest BCUT2D eigenvalue weighted by atomic mass is 35.5. The summed E-state index contributed by atoms with van der Waals surface area (Å²) in [7, 11) is 0. The molecule has 4 nitrogen and oxygen atoms in total. The Hall–Kier alpha value is -1.42. The minimum absolute atomic E-state index is 0.171. The summed E-state index contributed by atoms with van der Waals surface area (Å²) in [4.78, 5) is 22.9. The van der Waals surface area contributed by atoms with Crippen molar-refractivity contribution in [2.75, 3.05) is 6.54 Å². The van der Waals surface area contributed by atoms with Gasteiger partial charge < -0.3 is 0 Å². The fourth-order valence-electron chi connectivity index (χ4n) is 2.95. The Morgan fingerprint density at radius 1 is 1.25 bits per heavy atom. The van der Waals surface area contributed by atoms with Crippen molar-refractivity contribution in [1.82, 2.24) is 0 Å². The van der Waals surface area contributed by atoms with Gasteiger partial charge in [-0.1, -0.05) is 36.6 Å². The van der Waals surface area contributed by atoms with Gasteiger partial charge in [0.05, 0.1) is 5.92 Å². The average Bonchev–Trinajstić information content (AvgIpc) is 2.62. The van der Waals surface area contributed by atoms with Gasteiger partial charge in [0.15, 0.2) is 0 Å². The van der Waals surface area contributed by atoms with Crippen molar-refractivity contribution in [3.8, 4) is 0 Å². The number of nitrogens with zero attached hydrogens (tertiary/aromatic N) is 1. The second-order valence-corrected chi connectivity index (χ2v) is 5.78. The van der Waals surface area contributed by atoms with E-state index in [1.54, 1.807) is 24.3 Å². The lowest BCUT2D eigenvalue weighted by Crippen LogP contribution is -2.27. The summed E-state index contributed by atoms with van der Waals surface area (Å²) in [6, 6.07) is 7.05. The van der Waals surface area contributed by atoms with Gasteiger partial charge in [-0.25, -0.2) is 0 Å². The van der Waals surface area contributed by atoms with Gasteiger partial charge in [0.25, 0.3) is 0 Å². The summed E-state index contributed by atoms with van der Waals surface area (Å²) >= 11 is 5.86. The zero-order chi connectivity index (χ0) is 14.5. The van der Waals surface area contributed by atoms with E-state index in [1.807, 2.05) is 0 Å². The standard InChI is InChI=1S/C15H18ClNO3/c16-12-8-6-11(7-9-12)14(10-17(19)20)13-4-2-1-3-5-15(13)18/h6-9,13-14H,1-5,10H2/t13-,14-/m1/s1. The number of carbonyl (C=O) groups excluding carboxylic acids is 1. The van der Waals surface area contributed by atoms with Gasteiger partial charge >= 0.3 is 0 Å². The summed E-state index contributed by atoms with van der Waals surface area (Å²) in [6.07, 6.45) is 4.21. The van der Waals surface area contributed by atoms with E-state index in [-0.39, 0.29) is 29.1 Å². The number of rotatable bonds is 4. The molecule has 0 N–H and O–H groups in total. The van der Waals surface area contributed by atoms with Crippen LogP contribution in [-0.2, 0) is 4.79 Å². The number of hydrogen-bond acceptors (Lipinski definition) is 3. The Labute approximate surface area is 123 Å². The van der Waals surface area contributed by atoms with Crippen molar-refractivity contribution in [3.63, 3.8) is 0 Å². The van der Waals surface area contributed by atoms with E-state index >= 15 is 0 Å². The van der Waals surface area contributed by atoms with Crippen molar-refractivity contribution >= 4 is 17.4 Å². The molecule has 5 heteroatoms. The first-order chi connectivity index (χ1) is 9.58. The average molecular weight is 296 g/mol. The van der Waals surface area contributed by atoms with Crippen LogP contribution in [0.2, 0.25) is 5.02 Å². The maximum Gasteiger partial charge on any atom is 0.211 e. The normalized spacial score (nSPS) is 21.2. The third-order valence-electron chi connectivity index (χ3n) is 3.98. The Balaban J connectivity index is 2.28. The van der Waals surface area contributed by atoms with Crippen LogP contribution in [0.3, 0.4) is 0 Å². The van der Waals surface area contributed by atoms with E-state index in [0.717, 1.165) is 31.2 Å². The molecule has 0 amide bonds. The number of Topliss-reactive ketones (excluding diaryl/α,β-unsaturated/α-hetero) is 1. The van der Waals surface area contributed by atoms with Crippen LogP contribution in [0.15, 0.2) is 24.3 Å². The van der Waals surface area contributed by atoms with Gasteiger partial charge in [-0.3, -0.25) is 14.9 Å². The Morgan fingerprint density at radius 3 is 2.60 bits per heavy atom. The molecule has 1 aliphatic rings. The fourth-order valence-corrected chi connectivity index (χ4v) is 3.07. The first-order valence-electron chi connectivity index (χ1n) is 6.98. The minimum Gasteiger partial charge on any atom is -0.299 e. The zero-order valence-corrected chi connectivity index (χ0v) is 12.0. The molecule has 1 aromatic rings. The van der Waals surface area contributed by atoms with Crippen molar-refractivity contribution < 1.29 is 9.72 Å². The predicted molar refractivity (Wildman–Crippen MR) is 77.6 cm³/mol. The summed E-state index contributed by atoms with van der Waals surface area (Å²) in [6.45, 7) is -0.196. The van der Waals surface area contributed by atoms with E-state index in [2.05, 4.69) is 0 Å². The first kappa shape index (κ1) is 15.0.